The van der Waals surface area contributed by atoms with Gasteiger partial charge in [-0.05, 0) is 13.0 Å². The summed E-state index contributed by atoms with van der Waals surface area (Å²) in [6, 6.07) is -0.647. The fraction of sp³-hybridized carbons (Fsp3) is 1.00. The van der Waals surface area contributed by atoms with Crippen LogP contribution in [-0.4, -0.2) is 33.1 Å². The van der Waals surface area contributed by atoms with Gasteiger partial charge in [-0.1, -0.05) is 0 Å². The van der Waals surface area contributed by atoms with E-state index < -0.39 is 21.6 Å². The van der Waals surface area contributed by atoms with Crippen molar-refractivity contribution in [3.63, 3.8) is 0 Å². The molecule has 0 aliphatic carbocycles. The molecule has 1 rings (SSSR count). The quantitative estimate of drug-likeness (QED) is 0.741. The predicted octanol–water partition coefficient (Wildman–Crippen LogP) is 0.209. The molecule has 4 nitrogen and oxygen atoms in total. The highest BCUT2D eigenvalue weighted by Gasteiger charge is 2.46. The minimum absolute atomic E-state index is 0. The molecule has 0 spiro atoms. The Morgan fingerprint density at radius 1 is 1.36 bits per heavy atom. The van der Waals surface area contributed by atoms with Gasteiger partial charge >= 0.3 is 15.5 Å². The Bertz CT molecular complexity index is 273. The van der Waals surface area contributed by atoms with Crippen LogP contribution in [-0.2, 0) is 10.0 Å². The summed E-state index contributed by atoms with van der Waals surface area (Å²) < 4.78 is 58.1. The van der Waals surface area contributed by atoms with E-state index in [0.29, 0.717) is 13.0 Å². The number of hydrogen-bond donors (Lipinski definition) is 2. The molecule has 0 aromatic heterocycles. The van der Waals surface area contributed by atoms with Crippen molar-refractivity contribution in [1.82, 2.24) is 10.0 Å². The molecule has 0 bridgehead atoms. The third-order valence-electron chi connectivity index (χ3n) is 1.69. The highest BCUT2D eigenvalue weighted by Crippen LogP contribution is 2.22. The number of nitrogens with one attached hydrogen (secondary N) is 2. The lowest BCUT2D eigenvalue weighted by Crippen LogP contribution is -2.43. The van der Waals surface area contributed by atoms with Crippen molar-refractivity contribution in [2.45, 2.75) is 18.0 Å². The molecular weight excluding hydrogens is 245 g/mol. The minimum Gasteiger partial charge on any atom is -0.315 e. The van der Waals surface area contributed by atoms with Crippen molar-refractivity contribution in [1.29, 1.82) is 0 Å². The Hall–Kier alpha value is -0.0500. The zero-order valence-corrected chi connectivity index (χ0v) is 8.60. The molecule has 9 heteroatoms. The Balaban J connectivity index is 0.00000169. The molecule has 0 aromatic carbocycles. The van der Waals surface area contributed by atoms with Crippen molar-refractivity contribution >= 4 is 22.4 Å². The summed E-state index contributed by atoms with van der Waals surface area (Å²) >= 11 is 0. The summed E-state index contributed by atoms with van der Waals surface area (Å²) in [7, 11) is -5.17. The molecule has 1 aliphatic heterocycles. The lowest BCUT2D eigenvalue weighted by molar-refractivity contribution is -0.0450. The number of alkyl halides is 3. The fourth-order valence-corrected chi connectivity index (χ4v) is 1.82. The molecule has 86 valence electrons. The molecule has 0 amide bonds. The Morgan fingerprint density at radius 3 is 2.29 bits per heavy atom. The van der Waals surface area contributed by atoms with Gasteiger partial charge in [0.2, 0.25) is 0 Å². The first-order valence-electron chi connectivity index (χ1n) is 3.62. The van der Waals surface area contributed by atoms with E-state index >= 15 is 0 Å². The molecule has 1 heterocycles. The van der Waals surface area contributed by atoms with E-state index in [9.17, 15) is 21.6 Å². The van der Waals surface area contributed by atoms with Crippen LogP contribution in [0.2, 0.25) is 0 Å². The average Bonchev–Trinajstić information content (AvgIpc) is 2.35. The van der Waals surface area contributed by atoms with Crippen molar-refractivity contribution < 1.29 is 21.6 Å². The Kier molecular flexibility index (Phi) is 4.63. The smallest absolute Gasteiger partial charge is 0.315 e. The van der Waals surface area contributed by atoms with Crippen LogP contribution in [0.1, 0.15) is 6.42 Å². The molecule has 14 heavy (non-hydrogen) atoms. The second-order valence-corrected chi connectivity index (χ2v) is 4.46. The van der Waals surface area contributed by atoms with Crippen molar-refractivity contribution in [3.8, 4) is 0 Å². The third-order valence-corrected chi connectivity index (χ3v) is 2.94. The second kappa shape index (κ2) is 4.65. The van der Waals surface area contributed by atoms with Crippen LogP contribution >= 0.6 is 12.4 Å². The molecule has 1 aliphatic rings. The van der Waals surface area contributed by atoms with Crippen LogP contribution in [0.4, 0.5) is 13.2 Å². The van der Waals surface area contributed by atoms with E-state index in [2.05, 4.69) is 5.32 Å². The lowest BCUT2D eigenvalue weighted by atomic mass is 10.3. The summed E-state index contributed by atoms with van der Waals surface area (Å²) in [4.78, 5) is 0. The van der Waals surface area contributed by atoms with E-state index in [4.69, 9.17) is 0 Å². The van der Waals surface area contributed by atoms with Crippen LogP contribution in [0.5, 0.6) is 0 Å². The van der Waals surface area contributed by atoms with E-state index in [1.807, 2.05) is 0 Å². The predicted molar refractivity (Wildman–Crippen MR) is 46.6 cm³/mol. The number of halogens is 4. The van der Waals surface area contributed by atoms with Crippen LogP contribution in [0, 0.1) is 0 Å². The van der Waals surface area contributed by atoms with Crippen LogP contribution in [0.25, 0.3) is 0 Å². The topological polar surface area (TPSA) is 58.2 Å². The van der Waals surface area contributed by atoms with E-state index in [-0.39, 0.29) is 19.0 Å². The van der Waals surface area contributed by atoms with Crippen molar-refractivity contribution in [3.05, 3.63) is 0 Å². The number of rotatable bonds is 2. The van der Waals surface area contributed by atoms with Gasteiger partial charge in [-0.3, -0.25) is 0 Å². The zero-order valence-electron chi connectivity index (χ0n) is 6.97. The van der Waals surface area contributed by atoms with Gasteiger partial charge in [0.15, 0.2) is 0 Å². The SMILES string of the molecule is Cl.O=S(=O)(NC1CCNC1)C(F)(F)F. The van der Waals surface area contributed by atoms with Crippen LogP contribution in [0.15, 0.2) is 0 Å². The molecule has 1 unspecified atom stereocenters. The second-order valence-electron chi connectivity index (χ2n) is 2.76. The summed E-state index contributed by atoms with van der Waals surface area (Å²) in [6.07, 6.45) is 0.384. The molecule has 0 saturated carbocycles. The fourth-order valence-electron chi connectivity index (χ4n) is 1.04. The minimum atomic E-state index is -5.21. The standard InChI is InChI=1S/C5H9F3N2O2S.ClH/c6-5(7,8)13(11,12)10-4-1-2-9-3-4;/h4,9-10H,1-3H2;1H. The van der Waals surface area contributed by atoms with E-state index in [1.54, 1.807) is 4.72 Å². The molecule has 1 atom stereocenters. The highest BCUT2D eigenvalue weighted by molar-refractivity contribution is 7.90. The van der Waals surface area contributed by atoms with Gasteiger partial charge in [-0.15, -0.1) is 12.4 Å². The summed E-state index contributed by atoms with van der Waals surface area (Å²) in [5, 5.41) is 2.75. The first kappa shape index (κ1) is 13.9. The monoisotopic (exact) mass is 254 g/mol. The van der Waals surface area contributed by atoms with Gasteiger partial charge in [-0.2, -0.15) is 13.2 Å². The molecule has 1 saturated heterocycles. The number of hydrogen-bond acceptors (Lipinski definition) is 3. The summed E-state index contributed by atoms with van der Waals surface area (Å²) in [6.45, 7) is 0.778. The van der Waals surface area contributed by atoms with Gasteiger partial charge in [0.05, 0.1) is 0 Å². The largest absolute Gasteiger partial charge is 0.511 e. The van der Waals surface area contributed by atoms with Gasteiger partial charge < -0.3 is 5.32 Å². The van der Waals surface area contributed by atoms with Gasteiger partial charge in [0.25, 0.3) is 0 Å². The molecule has 0 aromatic rings. The maximum absolute atomic E-state index is 11.8. The van der Waals surface area contributed by atoms with E-state index in [1.165, 1.54) is 0 Å². The number of sulfonamides is 1. The van der Waals surface area contributed by atoms with Gasteiger partial charge in [0, 0.05) is 12.6 Å². The van der Waals surface area contributed by atoms with Gasteiger partial charge in [0.1, 0.15) is 0 Å². The van der Waals surface area contributed by atoms with E-state index in [0.717, 1.165) is 0 Å². The maximum atomic E-state index is 11.8. The Morgan fingerprint density at radius 2 is 1.93 bits per heavy atom. The molecule has 2 N–H and O–H groups in total. The summed E-state index contributed by atoms with van der Waals surface area (Å²) in [5.41, 5.74) is -5.21. The molecule has 1 fully saturated rings. The Labute approximate surface area is 85.7 Å². The molecule has 0 radical (unpaired) electrons. The van der Waals surface area contributed by atoms with Crippen LogP contribution < -0.4 is 10.0 Å². The van der Waals surface area contributed by atoms with Gasteiger partial charge in [-0.25, -0.2) is 13.1 Å². The highest BCUT2D eigenvalue weighted by atomic mass is 35.5. The first-order chi connectivity index (χ1) is 5.83. The third kappa shape index (κ3) is 3.26. The normalized spacial score (nSPS) is 23.2. The molecular formula is C5H10ClF3N2O2S. The average molecular weight is 255 g/mol. The van der Waals surface area contributed by atoms with Crippen molar-refractivity contribution in [2.75, 3.05) is 13.1 Å². The zero-order chi connectivity index (χ0) is 10.1. The lowest BCUT2D eigenvalue weighted by Gasteiger charge is -2.13. The van der Waals surface area contributed by atoms with Crippen LogP contribution in [0.3, 0.4) is 0 Å². The summed E-state index contributed by atoms with van der Waals surface area (Å²) in [5.74, 6) is 0. The first-order valence-corrected chi connectivity index (χ1v) is 5.10. The maximum Gasteiger partial charge on any atom is 0.511 e. The van der Waals surface area contributed by atoms with Crippen molar-refractivity contribution in [2.24, 2.45) is 0 Å².